The van der Waals surface area contributed by atoms with Crippen molar-refractivity contribution in [3.05, 3.63) is 58.1 Å². The van der Waals surface area contributed by atoms with Crippen LogP contribution in [0.5, 0.6) is 11.5 Å². The van der Waals surface area contributed by atoms with E-state index in [4.69, 9.17) is 0 Å². The Labute approximate surface area is 108 Å². The Morgan fingerprint density at radius 1 is 1.21 bits per heavy atom. The monoisotopic (exact) mass is 260 g/mol. The summed E-state index contributed by atoms with van der Waals surface area (Å²) in [5.74, 6) is -0.751. The van der Waals surface area contributed by atoms with Crippen molar-refractivity contribution in [2.24, 2.45) is 0 Å². The summed E-state index contributed by atoms with van der Waals surface area (Å²) in [6.07, 6.45) is 1.44. The highest BCUT2D eigenvalue weighted by molar-refractivity contribution is 5.98. The Bertz CT molecular complexity index is 657. The third-order valence-corrected chi connectivity index (χ3v) is 2.69. The zero-order chi connectivity index (χ0) is 13.8. The van der Waals surface area contributed by atoms with E-state index in [1.165, 1.54) is 6.07 Å². The summed E-state index contributed by atoms with van der Waals surface area (Å²) in [6, 6.07) is 7.66. The first-order valence-corrected chi connectivity index (χ1v) is 5.70. The molecular formula is C14H12O5. The highest BCUT2D eigenvalue weighted by Gasteiger charge is 2.16. The van der Waals surface area contributed by atoms with Gasteiger partial charge in [-0.3, -0.25) is 4.79 Å². The highest BCUT2D eigenvalue weighted by atomic mass is 16.4. The molecule has 0 saturated heterocycles. The zero-order valence-corrected chi connectivity index (χ0v) is 10.00. The summed E-state index contributed by atoms with van der Waals surface area (Å²) >= 11 is 0. The van der Waals surface area contributed by atoms with Crippen LogP contribution in [-0.4, -0.2) is 16.0 Å². The lowest BCUT2D eigenvalue weighted by Crippen LogP contribution is -2.14. The first-order chi connectivity index (χ1) is 9.08. The quantitative estimate of drug-likeness (QED) is 0.819. The number of benzene rings is 1. The van der Waals surface area contributed by atoms with Crippen molar-refractivity contribution < 1.29 is 19.4 Å². The Balaban J connectivity index is 2.12. The van der Waals surface area contributed by atoms with E-state index < -0.39 is 11.4 Å². The first-order valence-electron chi connectivity index (χ1n) is 5.70. The number of hydrogen-bond acceptors (Lipinski definition) is 5. The normalized spacial score (nSPS) is 10.3. The molecule has 19 heavy (non-hydrogen) atoms. The van der Waals surface area contributed by atoms with E-state index in [0.29, 0.717) is 6.42 Å². The SMILES string of the molecule is O=C(CCc1cccc(O)c1)c1c(O)ccoc1=O. The second kappa shape index (κ2) is 5.39. The minimum absolute atomic E-state index is 0.0474. The molecule has 0 aliphatic heterocycles. The Morgan fingerprint density at radius 2 is 2.00 bits per heavy atom. The van der Waals surface area contributed by atoms with Crippen LogP contribution in [0, 0.1) is 0 Å². The molecule has 2 rings (SSSR count). The second-order valence-corrected chi connectivity index (χ2v) is 4.06. The summed E-state index contributed by atoms with van der Waals surface area (Å²) in [6.45, 7) is 0. The lowest BCUT2D eigenvalue weighted by Gasteiger charge is -2.03. The van der Waals surface area contributed by atoms with Gasteiger partial charge in [0, 0.05) is 12.5 Å². The number of phenolic OH excluding ortho intramolecular Hbond substituents is 1. The molecule has 0 amide bonds. The van der Waals surface area contributed by atoms with E-state index in [-0.39, 0.29) is 23.5 Å². The molecule has 2 N–H and O–H groups in total. The molecule has 0 unspecified atom stereocenters. The van der Waals surface area contributed by atoms with E-state index in [1.807, 2.05) is 0 Å². The van der Waals surface area contributed by atoms with Gasteiger partial charge in [-0.25, -0.2) is 4.79 Å². The standard InChI is InChI=1S/C14H12O5/c15-10-3-1-2-9(8-10)4-5-11(16)13-12(17)6-7-19-14(13)18/h1-3,6-8,15,17H,4-5H2. The van der Waals surface area contributed by atoms with Crippen LogP contribution < -0.4 is 5.63 Å². The number of aromatic hydroxyl groups is 2. The molecular weight excluding hydrogens is 248 g/mol. The van der Waals surface area contributed by atoms with Gasteiger partial charge in [0.15, 0.2) is 5.78 Å². The van der Waals surface area contributed by atoms with Crippen LogP contribution in [0.3, 0.4) is 0 Å². The number of hydrogen-bond donors (Lipinski definition) is 2. The molecule has 0 aliphatic rings. The molecule has 1 aromatic heterocycles. The zero-order valence-electron chi connectivity index (χ0n) is 10.00. The molecule has 0 radical (unpaired) electrons. The van der Waals surface area contributed by atoms with Crippen molar-refractivity contribution in [3.63, 3.8) is 0 Å². The minimum atomic E-state index is -0.846. The molecule has 0 spiro atoms. The summed E-state index contributed by atoms with van der Waals surface area (Å²) < 4.78 is 4.55. The predicted octanol–water partition coefficient (Wildman–Crippen LogP) is 1.87. The largest absolute Gasteiger partial charge is 0.508 e. The van der Waals surface area contributed by atoms with E-state index in [9.17, 15) is 19.8 Å². The Hall–Kier alpha value is -2.56. The number of rotatable bonds is 4. The van der Waals surface area contributed by atoms with Gasteiger partial charge in [-0.05, 0) is 24.1 Å². The van der Waals surface area contributed by atoms with Gasteiger partial charge in [0.05, 0.1) is 6.26 Å². The van der Waals surface area contributed by atoms with Crippen molar-refractivity contribution in [1.82, 2.24) is 0 Å². The minimum Gasteiger partial charge on any atom is -0.508 e. The fraction of sp³-hybridized carbons (Fsp3) is 0.143. The molecule has 0 saturated carbocycles. The van der Waals surface area contributed by atoms with Crippen molar-refractivity contribution in [2.45, 2.75) is 12.8 Å². The molecule has 2 aromatic rings. The third-order valence-electron chi connectivity index (χ3n) is 2.69. The molecule has 1 heterocycles. The third kappa shape index (κ3) is 3.01. The van der Waals surface area contributed by atoms with Gasteiger partial charge in [0.1, 0.15) is 17.1 Å². The van der Waals surface area contributed by atoms with Crippen molar-refractivity contribution >= 4 is 5.78 Å². The highest BCUT2D eigenvalue weighted by Crippen LogP contribution is 2.16. The van der Waals surface area contributed by atoms with Crippen LogP contribution in [0.25, 0.3) is 0 Å². The average Bonchev–Trinajstić information content (AvgIpc) is 2.36. The van der Waals surface area contributed by atoms with Gasteiger partial charge >= 0.3 is 5.63 Å². The summed E-state index contributed by atoms with van der Waals surface area (Å²) in [4.78, 5) is 23.2. The van der Waals surface area contributed by atoms with Gasteiger partial charge in [-0.1, -0.05) is 12.1 Å². The molecule has 98 valence electrons. The lowest BCUT2D eigenvalue weighted by atomic mass is 10.0. The number of carbonyl (C=O) groups is 1. The van der Waals surface area contributed by atoms with Crippen molar-refractivity contribution in [3.8, 4) is 11.5 Å². The van der Waals surface area contributed by atoms with Crippen LogP contribution in [0.1, 0.15) is 22.3 Å². The van der Waals surface area contributed by atoms with E-state index >= 15 is 0 Å². The lowest BCUT2D eigenvalue weighted by molar-refractivity contribution is 0.0976. The van der Waals surface area contributed by atoms with E-state index in [1.54, 1.807) is 18.2 Å². The van der Waals surface area contributed by atoms with Crippen molar-refractivity contribution in [2.75, 3.05) is 0 Å². The van der Waals surface area contributed by atoms with Gasteiger partial charge < -0.3 is 14.6 Å². The fourth-order valence-electron chi connectivity index (χ4n) is 1.76. The van der Waals surface area contributed by atoms with Crippen LogP contribution in [0.2, 0.25) is 0 Å². The Morgan fingerprint density at radius 3 is 2.68 bits per heavy atom. The molecule has 0 fully saturated rings. The maximum absolute atomic E-state index is 11.9. The van der Waals surface area contributed by atoms with Crippen LogP contribution in [0.4, 0.5) is 0 Å². The van der Waals surface area contributed by atoms with E-state index in [0.717, 1.165) is 17.9 Å². The molecule has 0 aliphatic carbocycles. The first kappa shape index (κ1) is 12.9. The average molecular weight is 260 g/mol. The maximum atomic E-state index is 11.9. The number of phenols is 1. The molecule has 0 atom stereocenters. The topological polar surface area (TPSA) is 87.7 Å². The number of Topliss-reactive ketones (excluding diaryl/α,β-unsaturated/α-hetero) is 1. The van der Waals surface area contributed by atoms with E-state index in [2.05, 4.69) is 4.42 Å². The molecule has 1 aromatic carbocycles. The molecule has 5 heteroatoms. The molecule has 5 nitrogen and oxygen atoms in total. The summed E-state index contributed by atoms with van der Waals surface area (Å²) in [7, 11) is 0. The van der Waals surface area contributed by atoms with Crippen LogP contribution in [0.15, 0.2) is 45.8 Å². The smallest absolute Gasteiger partial charge is 0.350 e. The predicted molar refractivity (Wildman–Crippen MR) is 67.4 cm³/mol. The summed E-state index contributed by atoms with van der Waals surface area (Å²) in [5.41, 5.74) is -0.406. The number of carbonyl (C=O) groups excluding carboxylic acids is 1. The fourth-order valence-corrected chi connectivity index (χ4v) is 1.76. The van der Waals surface area contributed by atoms with Crippen LogP contribution in [-0.2, 0) is 6.42 Å². The number of aryl methyl sites for hydroxylation is 1. The molecule has 0 bridgehead atoms. The van der Waals surface area contributed by atoms with Crippen molar-refractivity contribution in [1.29, 1.82) is 0 Å². The van der Waals surface area contributed by atoms with Gasteiger partial charge in [-0.2, -0.15) is 0 Å². The second-order valence-electron chi connectivity index (χ2n) is 4.06. The van der Waals surface area contributed by atoms with Gasteiger partial charge in [-0.15, -0.1) is 0 Å². The van der Waals surface area contributed by atoms with Crippen LogP contribution >= 0.6 is 0 Å². The van der Waals surface area contributed by atoms with Gasteiger partial charge in [0.25, 0.3) is 0 Å². The summed E-state index contributed by atoms with van der Waals surface area (Å²) in [5, 5.41) is 18.8. The number of ketones is 1. The van der Waals surface area contributed by atoms with Gasteiger partial charge in [0.2, 0.25) is 0 Å². The maximum Gasteiger partial charge on any atom is 0.350 e. The Kier molecular flexibility index (Phi) is 3.66.